The van der Waals surface area contributed by atoms with E-state index in [0.717, 1.165) is 19.3 Å². The molecule has 1 atom stereocenters. The summed E-state index contributed by atoms with van der Waals surface area (Å²) in [5.74, 6) is -0.0837. The fraction of sp³-hybridized carbons (Fsp3) is 0.500. The predicted molar refractivity (Wildman–Crippen MR) is 73.1 cm³/mol. The minimum atomic E-state index is -0.870. The first-order chi connectivity index (χ1) is 9.49. The molecule has 5 nitrogen and oxygen atoms in total. The highest BCUT2D eigenvalue weighted by Crippen LogP contribution is 2.50. The summed E-state index contributed by atoms with van der Waals surface area (Å²) in [7, 11) is 0. The van der Waals surface area contributed by atoms with Crippen molar-refractivity contribution in [2.45, 2.75) is 43.9 Å². The van der Waals surface area contributed by atoms with Crippen LogP contribution in [0.1, 0.15) is 43.7 Å². The van der Waals surface area contributed by atoms with Crippen LogP contribution in [0.4, 0.5) is 0 Å². The second-order valence-corrected chi connectivity index (χ2v) is 5.73. The van der Waals surface area contributed by atoms with Crippen molar-refractivity contribution in [3.8, 4) is 11.5 Å². The van der Waals surface area contributed by atoms with Crippen molar-refractivity contribution < 1.29 is 19.4 Å². The molecule has 0 aromatic heterocycles. The molecule has 1 saturated carbocycles. The summed E-state index contributed by atoms with van der Waals surface area (Å²) < 4.78 is 11.7. The Hall–Kier alpha value is -1.46. The molecule has 3 rings (SSSR count). The van der Waals surface area contributed by atoms with Gasteiger partial charge in [-0.15, -0.1) is 0 Å². The van der Waals surface area contributed by atoms with Gasteiger partial charge in [0.2, 0.25) is 0 Å². The second kappa shape index (κ2) is 4.82. The van der Waals surface area contributed by atoms with Crippen LogP contribution < -0.4 is 15.2 Å². The smallest absolute Gasteiger partial charge is 0.303 e. The average molecular weight is 298 g/mol. The molecule has 0 amide bonds. The highest BCUT2D eigenvalue weighted by molar-refractivity contribution is 6.31. The Kier molecular flexibility index (Phi) is 3.26. The Morgan fingerprint density at radius 2 is 2.05 bits per heavy atom. The van der Waals surface area contributed by atoms with Gasteiger partial charge in [0.15, 0.2) is 11.5 Å². The van der Waals surface area contributed by atoms with Crippen LogP contribution >= 0.6 is 11.6 Å². The molecule has 1 aliphatic carbocycles. The normalized spacial score (nSPS) is 19.7. The van der Waals surface area contributed by atoms with Gasteiger partial charge in [0.1, 0.15) is 0 Å². The zero-order valence-electron chi connectivity index (χ0n) is 10.9. The van der Waals surface area contributed by atoms with Crippen LogP contribution in [0.3, 0.4) is 0 Å². The summed E-state index contributed by atoms with van der Waals surface area (Å²) in [4.78, 5) is 10.6. The number of benzene rings is 1. The van der Waals surface area contributed by atoms with Crippen molar-refractivity contribution in [1.29, 1.82) is 0 Å². The number of fused-ring (bicyclic) bond motifs is 1. The van der Waals surface area contributed by atoms with E-state index >= 15 is 0 Å². The Balaban J connectivity index is 1.80. The molecule has 1 fully saturated rings. The lowest BCUT2D eigenvalue weighted by atomic mass is 9.91. The van der Waals surface area contributed by atoms with Crippen molar-refractivity contribution in [2.75, 3.05) is 0 Å². The minimum absolute atomic E-state index is 0.00980. The molecule has 1 aromatic rings. The third kappa shape index (κ3) is 2.31. The molecule has 1 heterocycles. The number of aliphatic carboxylic acids is 1. The lowest BCUT2D eigenvalue weighted by molar-refractivity contribution is -0.138. The van der Waals surface area contributed by atoms with Crippen LogP contribution in [0.5, 0.6) is 11.5 Å². The Labute approximate surface area is 121 Å². The number of carbonyl (C=O) groups is 1. The van der Waals surface area contributed by atoms with E-state index in [1.54, 1.807) is 12.1 Å². The minimum Gasteiger partial charge on any atom is -0.481 e. The summed E-state index contributed by atoms with van der Waals surface area (Å²) in [6, 6.07) is 3.06. The molecule has 2 aliphatic rings. The van der Waals surface area contributed by atoms with Crippen molar-refractivity contribution >= 4 is 17.6 Å². The van der Waals surface area contributed by atoms with Gasteiger partial charge in [-0.25, -0.2) is 0 Å². The maximum absolute atomic E-state index is 10.6. The van der Waals surface area contributed by atoms with Gasteiger partial charge in [-0.05, 0) is 24.5 Å². The molecule has 1 aliphatic heterocycles. The highest BCUT2D eigenvalue weighted by Gasteiger charge is 2.47. The van der Waals surface area contributed by atoms with Crippen LogP contribution in [0.25, 0.3) is 0 Å². The third-order valence-electron chi connectivity index (χ3n) is 3.84. The van der Waals surface area contributed by atoms with Gasteiger partial charge in [0.25, 0.3) is 5.79 Å². The lowest BCUT2D eigenvalue weighted by Crippen LogP contribution is -2.45. The molecular weight excluding hydrogens is 282 g/mol. The summed E-state index contributed by atoms with van der Waals surface area (Å²) in [6.07, 6.45) is 3.18. The first kappa shape index (κ1) is 13.5. The van der Waals surface area contributed by atoms with Gasteiger partial charge in [0, 0.05) is 36.4 Å². The zero-order chi connectivity index (χ0) is 14.3. The molecule has 0 saturated heterocycles. The van der Waals surface area contributed by atoms with Gasteiger partial charge >= 0.3 is 5.97 Å². The summed E-state index contributed by atoms with van der Waals surface area (Å²) in [5.41, 5.74) is 6.71. The summed E-state index contributed by atoms with van der Waals surface area (Å²) >= 11 is 6.21. The second-order valence-electron chi connectivity index (χ2n) is 5.33. The number of carboxylic acids is 1. The fourth-order valence-electron chi connectivity index (χ4n) is 2.52. The van der Waals surface area contributed by atoms with E-state index in [9.17, 15) is 4.79 Å². The number of rotatable bonds is 4. The molecule has 1 aromatic carbocycles. The monoisotopic (exact) mass is 297 g/mol. The largest absolute Gasteiger partial charge is 0.481 e. The third-order valence-corrected chi connectivity index (χ3v) is 4.17. The zero-order valence-corrected chi connectivity index (χ0v) is 11.7. The molecule has 6 heteroatoms. The number of hydrogen-bond acceptors (Lipinski definition) is 4. The van der Waals surface area contributed by atoms with Gasteiger partial charge in [-0.3, -0.25) is 4.79 Å². The Bertz CT molecular complexity index is 556. The topological polar surface area (TPSA) is 81.8 Å². The molecule has 20 heavy (non-hydrogen) atoms. The van der Waals surface area contributed by atoms with E-state index in [4.69, 9.17) is 31.9 Å². The maximum atomic E-state index is 10.6. The van der Waals surface area contributed by atoms with Crippen LogP contribution in [0, 0.1) is 0 Å². The first-order valence-corrected chi connectivity index (χ1v) is 7.06. The SMILES string of the molecule is NC(CCC(=O)O)c1cc2c(cc1Cl)OC1(CCC1)O2. The average Bonchev–Trinajstić information content (AvgIpc) is 2.73. The van der Waals surface area contributed by atoms with E-state index in [0.29, 0.717) is 28.5 Å². The van der Waals surface area contributed by atoms with Crippen molar-refractivity contribution in [2.24, 2.45) is 5.73 Å². The quantitative estimate of drug-likeness (QED) is 0.893. The fourth-order valence-corrected chi connectivity index (χ4v) is 2.81. The maximum Gasteiger partial charge on any atom is 0.303 e. The van der Waals surface area contributed by atoms with E-state index in [1.165, 1.54) is 0 Å². The Morgan fingerprint density at radius 3 is 2.60 bits per heavy atom. The van der Waals surface area contributed by atoms with E-state index < -0.39 is 17.8 Å². The number of ether oxygens (including phenoxy) is 2. The van der Waals surface area contributed by atoms with Gasteiger partial charge in [-0.1, -0.05) is 11.6 Å². The molecule has 0 radical (unpaired) electrons. The molecule has 1 spiro atoms. The number of halogens is 1. The summed E-state index contributed by atoms with van der Waals surface area (Å²) in [5, 5.41) is 9.20. The predicted octanol–water partition coefficient (Wildman–Crippen LogP) is 2.86. The van der Waals surface area contributed by atoms with Gasteiger partial charge in [-0.2, -0.15) is 0 Å². The highest BCUT2D eigenvalue weighted by atomic mass is 35.5. The summed E-state index contributed by atoms with van der Waals surface area (Å²) in [6.45, 7) is 0. The van der Waals surface area contributed by atoms with Crippen LogP contribution in [-0.4, -0.2) is 16.9 Å². The number of carboxylic acid groups (broad SMARTS) is 1. The number of nitrogens with two attached hydrogens (primary N) is 1. The Morgan fingerprint density at radius 1 is 1.40 bits per heavy atom. The van der Waals surface area contributed by atoms with Crippen molar-refractivity contribution in [3.05, 3.63) is 22.7 Å². The van der Waals surface area contributed by atoms with E-state index in [1.807, 2.05) is 0 Å². The van der Waals surface area contributed by atoms with Crippen molar-refractivity contribution in [3.63, 3.8) is 0 Å². The lowest BCUT2D eigenvalue weighted by Gasteiger charge is -2.35. The molecule has 3 N–H and O–H groups in total. The van der Waals surface area contributed by atoms with Crippen molar-refractivity contribution in [1.82, 2.24) is 0 Å². The van der Waals surface area contributed by atoms with E-state index in [-0.39, 0.29) is 6.42 Å². The molecular formula is C14H16ClNO4. The molecule has 108 valence electrons. The van der Waals surface area contributed by atoms with Gasteiger partial charge < -0.3 is 20.3 Å². The van der Waals surface area contributed by atoms with Crippen LogP contribution in [0.15, 0.2) is 12.1 Å². The van der Waals surface area contributed by atoms with Gasteiger partial charge in [0.05, 0.1) is 0 Å². The van der Waals surface area contributed by atoms with Crippen LogP contribution in [0.2, 0.25) is 5.02 Å². The number of hydrogen-bond donors (Lipinski definition) is 2. The standard InChI is InChI=1S/C14H16ClNO4/c15-9-7-12-11(19-14(20-12)4-1-5-14)6-8(9)10(16)2-3-13(17)18/h6-7,10H,1-5,16H2,(H,17,18). The molecule has 1 unspecified atom stereocenters. The molecule has 0 bridgehead atoms. The van der Waals surface area contributed by atoms with E-state index in [2.05, 4.69) is 0 Å². The van der Waals surface area contributed by atoms with Crippen LogP contribution in [-0.2, 0) is 4.79 Å². The first-order valence-electron chi connectivity index (χ1n) is 6.68.